The molecule has 0 heterocycles. The molecule has 1 aromatic rings. The summed E-state index contributed by atoms with van der Waals surface area (Å²) in [7, 11) is -0.922. The zero-order chi connectivity index (χ0) is 16.0. The van der Waals surface area contributed by atoms with Gasteiger partial charge in [-0.05, 0) is 24.6 Å². The second kappa shape index (κ2) is 7.99. The van der Waals surface area contributed by atoms with Crippen LogP contribution in [0.1, 0.15) is 23.7 Å². The normalized spacial score (nSPS) is 13.3. The van der Waals surface area contributed by atoms with E-state index in [4.69, 9.17) is 16.7 Å². The van der Waals surface area contributed by atoms with Crippen LogP contribution in [0.2, 0.25) is 5.02 Å². The maximum absolute atomic E-state index is 11.7. The molecule has 2 unspecified atom stereocenters. The first-order valence-corrected chi connectivity index (χ1v) is 8.21. The van der Waals surface area contributed by atoms with E-state index in [1.807, 2.05) is 6.92 Å². The molecule has 3 N–H and O–H groups in total. The Bertz CT molecular complexity index is 565. The maximum atomic E-state index is 11.7. The summed E-state index contributed by atoms with van der Waals surface area (Å²) in [5.41, 5.74) is 0.372. The Kier molecular flexibility index (Phi) is 6.64. The highest BCUT2D eigenvalue weighted by Gasteiger charge is 2.10. The molecule has 2 amide bonds. The van der Waals surface area contributed by atoms with Crippen LogP contribution in [0.25, 0.3) is 0 Å². The van der Waals surface area contributed by atoms with Crippen LogP contribution in [-0.2, 0) is 10.8 Å². The van der Waals surface area contributed by atoms with Gasteiger partial charge < -0.3 is 15.7 Å². The summed E-state index contributed by atoms with van der Waals surface area (Å²) in [5.74, 6) is -1.09. The summed E-state index contributed by atoms with van der Waals surface area (Å²) < 4.78 is 11.2. The zero-order valence-corrected chi connectivity index (χ0v) is 13.3. The van der Waals surface area contributed by atoms with E-state index in [-0.39, 0.29) is 15.8 Å². The second-order valence-electron chi connectivity index (χ2n) is 4.48. The van der Waals surface area contributed by atoms with Gasteiger partial charge in [0, 0.05) is 28.9 Å². The molecule has 21 heavy (non-hydrogen) atoms. The molecule has 1 rings (SSSR count). The van der Waals surface area contributed by atoms with E-state index in [1.165, 1.54) is 18.2 Å². The van der Waals surface area contributed by atoms with Crippen molar-refractivity contribution in [3.8, 4) is 0 Å². The quantitative estimate of drug-likeness (QED) is 0.745. The molecule has 0 spiro atoms. The predicted molar refractivity (Wildman–Crippen MR) is 83.6 cm³/mol. The third-order valence-electron chi connectivity index (χ3n) is 2.87. The van der Waals surface area contributed by atoms with E-state index in [0.29, 0.717) is 18.7 Å². The van der Waals surface area contributed by atoms with Crippen LogP contribution < -0.4 is 10.6 Å². The first kappa shape index (κ1) is 17.5. The molecular weight excluding hydrogens is 316 g/mol. The lowest BCUT2D eigenvalue weighted by Crippen LogP contribution is -2.31. The van der Waals surface area contributed by atoms with Gasteiger partial charge in [0.1, 0.15) is 0 Å². The van der Waals surface area contributed by atoms with Crippen LogP contribution in [0.15, 0.2) is 18.2 Å². The number of carboxylic acids is 1. The van der Waals surface area contributed by atoms with Crippen molar-refractivity contribution >= 4 is 40.1 Å². The Hall–Kier alpha value is -1.60. The largest absolute Gasteiger partial charge is 0.478 e. The van der Waals surface area contributed by atoms with Crippen molar-refractivity contribution in [2.24, 2.45) is 0 Å². The van der Waals surface area contributed by atoms with Crippen molar-refractivity contribution in [1.29, 1.82) is 0 Å². The SMILES string of the molecule is CC(CCNC(=O)Nc1ccc(C(=O)O)cc1Cl)S(C)=O. The maximum Gasteiger partial charge on any atom is 0.335 e. The lowest BCUT2D eigenvalue weighted by molar-refractivity contribution is 0.0697. The van der Waals surface area contributed by atoms with Gasteiger partial charge in [0.25, 0.3) is 0 Å². The number of carboxylic acid groups (broad SMARTS) is 1. The van der Waals surface area contributed by atoms with Gasteiger partial charge in [-0.2, -0.15) is 0 Å². The van der Waals surface area contributed by atoms with Crippen LogP contribution in [0, 0.1) is 0 Å². The number of urea groups is 1. The number of nitrogens with one attached hydrogen (secondary N) is 2. The minimum Gasteiger partial charge on any atom is -0.478 e. The monoisotopic (exact) mass is 332 g/mol. The Morgan fingerprint density at radius 1 is 1.43 bits per heavy atom. The molecule has 6 nitrogen and oxygen atoms in total. The van der Waals surface area contributed by atoms with Gasteiger partial charge in [-0.15, -0.1) is 0 Å². The number of hydrogen-bond acceptors (Lipinski definition) is 3. The van der Waals surface area contributed by atoms with Crippen LogP contribution in [-0.4, -0.2) is 39.4 Å². The average molecular weight is 333 g/mol. The van der Waals surface area contributed by atoms with Gasteiger partial charge in [0.05, 0.1) is 16.3 Å². The van der Waals surface area contributed by atoms with Gasteiger partial charge in [-0.1, -0.05) is 18.5 Å². The number of aromatic carboxylic acids is 1. The number of rotatable bonds is 6. The number of hydrogen-bond donors (Lipinski definition) is 3. The minimum absolute atomic E-state index is 0.00346. The number of benzene rings is 1. The van der Waals surface area contributed by atoms with Crippen LogP contribution in [0.5, 0.6) is 0 Å². The molecule has 0 aliphatic heterocycles. The van der Waals surface area contributed by atoms with E-state index in [9.17, 15) is 13.8 Å². The zero-order valence-electron chi connectivity index (χ0n) is 11.7. The highest BCUT2D eigenvalue weighted by molar-refractivity contribution is 7.84. The first-order chi connectivity index (χ1) is 9.81. The van der Waals surface area contributed by atoms with Gasteiger partial charge in [0.2, 0.25) is 0 Å². The third kappa shape index (κ3) is 5.73. The molecule has 0 saturated carbocycles. The molecule has 0 bridgehead atoms. The first-order valence-electron chi connectivity index (χ1n) is 6.21. The molecule has 0 aliphatic carbocycles. The molecule has 8 heteroatoms. The van der Waals surface area contributed by atoms with E-state index < -0.39 is 22.8 Å². The fraction of sp³-hybridized carbons (Fsp3) is 0.385. The van der Waals surface area contributed by atoms with Crippen molar-refractivity contribution in [2.45, 2.75) is 18.6 Å². The molecule has 0 aliphatic rings. The van der Waals surface area contributed by atoms with Gasteiger partial charge >= 0.3 is 12.0 Å². The van der Waals surface area contributed by atoms with Crippen LogP contribution in [0.4, 0.5) is 10.5 Å². The highest BCUT2D eigenvalue weighted by atomic mass is 35.5. The average Bonchev–Trinajstić information content (AvgIpc) is 2.40. The molecular formula is C13H17ClN2O4S. The Labute approximate surface area is 130 Å². The number of halogens is 1. The molecule has 116 valence electrons. The summed E-state index contributed by atoms with van der Waals surface area (Å²) in [5, 5.41) is 14.1. The van der Waals surface area contributed by atoms with Gasteiger partial charge in [0.15, 0.2) is 0 Å². The molecule has 0 fully saturated rings. The molecule has 1 aromatic carbocycles. The Balaban J connectivity index is 2.52. The van der Waals surface area contributed by atoms with Crippen molar-refractivity contribution in [3.63, 3.8) is 0 Å². The van der Waals surface area contributed by atoms with Gasteiger partial charge in [-0.25, -0.2) is 9.59 Å². The smallest absolute Gasteiger partial charge is 0.335 e. The summed E-state index contributed by atoms with van der Waals surface area (Å²) in [4.78, 5) is 22.4. The van der Waals surface area contributed by atoms with Crippen molar-refractivity contribution in [3.05, 3.63) is 28.8 Å². The van der Waals surface area contributed by atoms with Crippen molar-refractivity contribution in [2.75, 3.05) is 18.1 Å². The van der Waals surface area contributed by atoms with Crippen molar-refractivity contribution in [1.82, 2.24) is 5.32 Å². The highest BCUT2D eigenvalue weighted by Crippen LogP contribution is 2.22. The summed E-state index contributed by atoms with van der Waals surface area (Å²) in [6.45, 7) is 2.23. The molecule has 0 radical (unpaired) electrons. The Morgan fingerprint density at radius 3 is 2.62 bits per heavy atom. The number of anilines is 1. The third-order valence-corrected chi connectivity index (χ3v) is 4.55. The van der Waals surface area contributed by atoms with E-state index in [2.05, 4.69) is 10.6 Å². The molecule has 0 aromatic heterocycles. The number of carbonyl (C=O) groups is 2. The lowest BCUT2D eigenvalue weighted by Gasteiger charge is -2.11. The fourth-order valence-corrected chi connectivity index (χ4v) is 2.15. The second-order valence-corrected chi connectivity index (χ2v) is 6.69. The fourth-order valence-electron chi connectivity index (χ4n) is 1.47. The van der Waals surface area contributed by atoms with Crippen LogP contribution in [0.3, 0.4) is 0 Å². The standard InChI is InChI=1S/C13H17ClN2O4S/c1-8(21(2)20)5-6-15-13(19)16-11-4-3-9(12(17)18)7-10(11)14/h3-4,7-8H,5-6H2,1-2H3,(H,17,18)(H2,15,16,19). The predicted octanol–water partition coefficient (Wildman–Crippen LogP) is 2.32. The van der Waals surface area contributed by atoms with E-state index in [0.717, 1.165) is 0 Å². The number of amides is 2. The molecule has 0 saturated heterocycles. The van der Waals surface area contributed by atoms with E-state index in [1.54, 1.807) is 6.26 Å². The summed E-state index contributed by atoms with van der Waals surface area (Å²) in [6.07, 6.45) is 2.22. The van der Waals surface area contributed by atoms with Gasteiger partial charge in [-0.3, -0.25) is 4.21 Å². The minimum atomic E-state index is -1.09. The van der Waals surface area contributed by atoms with E-state index >= 15 is 0 Å². The lowest BCUT2D eigenvalue weighted by atomic mass is 10.2. The summed E-state index contributed by atoms with van der Waals surface area (Å²) >= 11 is 5.90. The summed E-state index contributed by atoms with van der Waals surface area (Å²) in [6, 6.07) is 3.59. The Morgan fingerprint density at radius 2 is 2.10 bits per heavy atom. The topological polar surface area (TPSA) is 95.5 Å². The van der Waals surface area contributed by atoms with Crippen LogP contribution >= 0.6 is 11.6 Å². The number of carbonyl (C=O) groups excluding carboxylic acids is 1. The van der Waals surface area contributed by atoms with Crippen molar-refractivity contribution < 1.29 is 18.9 Å². The molecule has 2 atom stereocenters.